The van der Waals surface area contributed by atoms with Gasteiger partial charge in [0.25, 0.3) is 6.43 Å². The van der Waals surface area contributed by atoms with E-state index in [-0.39, 0.29) is 35.0 Å². The Bertz CT molecular complexity index is 1330. The van der Waals surface area contributed by atoms with Crippen molar-refractivity contribution in [2.75, 3.05) is 6.61 Å². The fourth-order valence-electron chi connectivity index (χ4n) is 3.85. The van der Waals surface area contributed by atoms with Crippen LogP contribution in [0, 0.1) is 18.3 Å². The first-order chi connectivity index (χ1) is 17.1. The number of aromatic nitrogens is 2. The van der Waals surface area contributed by atoms with Crippen LogP contribution < -0.4 is 0 Å². The van der Waals surface area contributed by atoms with Crippen LogP contribution in [0.15, 0.2) is 36.5 Å². The molecule has 3 rings (SSSR count). The lowest BCUT2D eigenvalue weighted by Gasteiger charge is -2.14. The van der Waals surface area contributed by atoms with E-state index in [2.05, 4.69) is 4.98 Å². The van der Waals surface area contributed by atoms with Crippen LogP contribution >= 0.6 is 11.6 Å². The monoisotopic (exact) mass is 515 g/mol. The van der Waals surface area contributed by atoms with Gasteiger partial charge >= 0.3 is 11.9 Å². The minimum Gasteiger partial charge on any atom is -0.462 e. The first kappa shape index (κ1) is 26.8. The summed E-state index contributed by atoms with van der Waals surface area (Å²) in [7, 11) is 0. The molecule has 0 aliphatic rings. The number of alkyl halides is 2. The number of carbonyl (C=O) groups excluding carboxylic acids is 2. The third-order valence-corrected chi connectivity index (χ3v) is 5.65. The number of benzene rings is 1. The molecular weight excluding hydrogens is 492 g/mol. The Hall–Kier alpha value is -3.77. The number of ether oxygens (including phenoxy) is 2. The number of hydrogen-bond donors (Lipinski definition) is 0. The molecule has 0 atom stereocenters. The van der Waals surface area contributed by atoms with Crippen LogP contribution in [0.25, 0.3) is 11.1 Å². The number of carbonyl (C=O) groups is 2. The Morgan fingerprint density at radius 3 is 2.42 bits per heavy atom. The highest BCUT2D eigenvalue weighted by molar-refractivity contribution is 6.32. The van der Waals surface area contributed by atoms with E-state index in [0.717, 1.165) is 0 Å². The zero-order valence-electron chi connectivity index (χ0n) is 20.1. The molecule has 0 aliphatic carbocycles. The van der Waals surface area contributed by atoms with Crippen LogP contribution in [0.5, 0.6) is 0 Å². The Balaban J connectivity index is 2.23. The third-order valence-electron chi connectivity index (χ3n) is 5.35. The summed E-state index contributed by atoms with van der Waals surface area (Å²) >= 11 is 6.04. The minimum absolute atomic E-state index is 0.00572. The molecule has 2 heterocycles. The van der Waals surface area contributed by atoms with Gasteiger partial charge in [-0.2, -0.15) is 5.26 Å². The predicted octanol–water partition coefficient (Wildman–Crippen LogP) is 6.11. The van der Waals surface area contributed by atoms with Gasteiger partial charge in [-0.15, -0.1) is 0 Å². The van der Waals surface area contributed by atoms with Crippen LogP contribution in [-0.4, -0.2) is 34.2 Å². The van der Waals surface area contributed by atoms with Crippen molar-refractivity contribution in [3.05, 3.63) is 75.3 Å². The lowest BCUT2D eigenvalue weighted by molar-refractivity contribution is 0.0367. The average molecular weight is 516 g/mol. The molecule has 2 aromatic heterocycles. The Kier molecular flexibility index (Phi) is 8.43. The molecule has 3 aromatic rings. The summed E-state index contributed by atoms with van der Waals surface area (Å²) in [6.45, 7) is 6.51. The molecule has 0 amide bonds. The molecule has 0 saturated heterocycles. The minimum atomic E-state index is -3.02. The second-order valence-electron chi connectivity index (χ2n) is 8.15. The Morgan fingerprint density at radius 2 is 1.86 bits per heavy atom. The molecule has 10 heteroatoms. The van der Waals surface area contributed by atoms with Crippen LogP contribution in [0.2, 0.25) is 5.15 Å². The molecule has 7 nitrogen and oxygen atoms in total. The van der Waals surface area contributed by atoms with Gasteiger partial charge in [0.15, 0.2) is 0 Å². The second-order valence-corrected chi connectivity index (χ2v) is 8.51. The smallest absolute Gasteiger partial charge is 0.341 e. The Labute approximate surface area is 212 Å². The van der Waals surface area contributed by atoms with Crippen molar-refractivity contribution in [1.29, 1.82) is 5.26 Å². The summed E-state index contributed by atoms with van der Waals surface area (Å²) in [6, 6.07) is 9.70. The van der Waals surface area contributed by atoms with E-state index in [1.165, 1.54) is 16.8 Å². The van der Waals surface area contributed by atoms with Gasteiger partial charge in [-0.1, -0.05) is 23.7 Å². The highest BCUT2D eigenvalue weighted by Gasteiger charge is 2.32. The van der Waals surface area contributed by atoms with Gasteiger partial charge in [-0.25, -0.2) is 23.4 Å². The summed E-state index contributed by atoms with van der Waals surface area (Å²) in [5.41, 5.74) is 1.13. The second kappa shape index (κ2) is 11.3. The third kappa shape index (κ3) is 5.55. The number of nitrogens with zero attached hydrogens (tertiary/aromatic N) is 3. The summed E-state index contributed by atoms with van der Waals surface area (Å²) in [5.74, 6) is -1.57. The molecule has 0 unspecified atom stereocenters. The van der Waals surface area contributed by atoms with Crippen molar-refractivity contribution in [1.82, 2.24) is 9.55 Å². The van der Waals surface area contributed by atoms with E-state index in [1.54, 1.807) is 52.0 Å². The van der Waals surface area contributed by atoms with Crippen molar-refractivity contribution < 1.29 is 27.8 Å². The maximum absolute atomic E-state index is 14.5. The lowest BCUT2D eigenvalue weighted by atomic mass is 9.99. The molecule has 36 heavy (non-hydrogen) atoms. The van der Waals surface area contributed by atoms with Gasteiger partial charge in [0.1, 0.15) is 10.8 Å². The van der Waals surface area contributed by atoms with Crippen LogP contribution in [0.3, 0.4) is 0 Å². The average Bonchev–Trinajstić information content (AvgIpc) is 3.12. The normalized spacial score (nSPS) is 11.0. The van der Waals surface area contributed by atoms with Gasteiger partial charge in [0.2, 0.25) is 0 Å². The SMILES string of the molecule is CCOC(=O)c1cc(Cn2c(C)c(-c3ccc(C#N)cc3)c(C(=O)OC(C)C)c2C(F)F)cnc1Cl. The Morgan fingerprint density at radius 1 is 1.19 bits per heavy atom. The number of hydrogen-bond acceptors (Lipinski definition) is 6. The van der Waals surface area contributed by atoms with Crippen LogP contribution in [0.4, 0.5) is 8.78 Å². The van der Waals surface area contributed by atoms with Crippen molar-refractivity contribution in [2.24, 2.45) is 0 Å². The highest BCUT2D eigenvalue weighted by atomic mass is 35.5. The summed E-state index contributed by atoms with van der Waals surface area (Å²) in [4.78, 5) is 29.3. The first-order valence-electron chi connectivity index (χ1n) is 11.1. The zero-order valence-corrected chi connectivity index (χ0v) is 20.9. The summed E-state index contributed by atoms with van der Waals surface area (Å²) in [6.07, 6.45) is -2.18. The van der Waals surface area contributed by atoms with Crippen molar-refractivity contribution >= 4 is 23.5 Å². The fourth-order valence-corrected chi connectivity index (χ4v) is 4.03. The van der Waals surface area contributed by atoms with E-state index >= 15 is 0 Å². The molecule has 0 saturated carbocycles. The van der Waals surface area contributed by atoms with Gasteiger partial charge in [-0.05, 0) is 57.0 Å². The number of pyridine rings is 1. The van der Waals surface area contributed by atoms with Gasteiger partial charge in [0, 0.05) is 24.0 Å². The van der Waals surface area contributed by atoms with E-state index in [9.17, 15) is 18.4 Å². The number of nitriles is 1. The molecule has 0 N–H and O–H groups in total. The topological polar surface area (TPSA) is 94.2 Å². The quantitative estimate of drug-likeness (QED) is 0.265. The predicted molar refractivity (Wildman–Crippen MR) is 129 cm³/mol. The van der Waals surface area contributed by atoms with Crippen LogP contribution in [-0.2, 0) is 16.0 Å². The molecule has 1 aromatic carbocycles. The molecule has 0 bridgehead atoms. The van der Waals surface area contributed by atoms with Gasteiger partial charge < -0.3 is 14.0 Å². The number of rotatable bonds is 8. The van der Waals surface area contributed by atoms with Gasteiger partial charge in [-0.3, -0.25) is 0 Å². The summed E-state index contributed by atoms with van der Waals surface area (Å²) < 4.78 is 40.6. The highest BCUT2D eigenvalue weighted by Crippen LogP contribution is 2.38. The number of esters is 2. The van der Waals surface area contributed by atoms with Crippen molar-refractivity contribution in [3.63, 3.8) is 0 Å². The maximum atomic E-state index is 14.5. The summed E-state index contributed by atoms with van der Waals surface area (Å²) in [5, 5.41) is 9.05. The molecule has 0 spiro atoms. The van der Waals surface area contributed by atoms with E-state index in [4.69, 9.17) is 26.3 Å². The zero-order chi connectivity index (χ0) is 26.6. The molecule has 0 radical (unpaired) electrons. The molecule has 0 fully saturated rings. The van der Waals surface area contributed by atoms with E-state index in [0.29, 0.717) is 22.4 Å². The number of halogens is 3. The van der Waals surface area contributed by atoms with Crippen molar-refractivity contribution in [2.45, 2.75) is 46.8 Å². The first-order valence-corrected chi connectivity index (χ1v) is 11.5. The van der Waals surface area contributed by atoms with Crippen LogP contribution in [0.1, 0.15) is 70.4 Å². The van der Waals surface area contributed by atoms with E-state index < -0.39 is 30.2 Å². The maximum Gasteiger partial charge on any atom is 0.341 e. The largest absolute Gasteiger partial charge is 0.462 e. The molecule has 188 valence electrons. The molecular formula is C26H24ClF2N3O4. The van der Waals surface area contributed by atoms with Gasteiger partial charge in [0.05, 0.1) is 35.5 Å². The standard InChI is InChI=1S/C26H24ClF2N3O4/c1-5-35-25(33)19-10-17(12-31-23(19)27)13-32-15(4)20(18-8-6-16(11-30)7-9-18)21(22(32)24(28)29)26(34)36-14(2)3/h6-10,12,14,24H,5,13H2,1-4H3. The van der Waals surface area contributed by atoms with Crippen molar-refractivity contribution in [3.8, 4) is 17.2 Å². The fraction of sp³-hybridized carbons (Fsp3) is 0.308. The van der Waals surface area contributed by atoms with E-state index in [1.807, 2.05) is 6.07 Å². The molecule has 0 aliphatic heterocycles. The lowest BCUT2D eigenvalue weighted by Crippen LogP contribution is -2.15.